The molecule has 9 heteroatoms. The second-order valence-corrected chi connectivity index (χ2v) is 9.97. The first-order chi connectivity index (χ1) is 17.8. The van der Waals surface area contributed by atoms with Crippen molar-refractivity contribution in [3.63, 3.8) is 0 Å². The molecule has 3 atom stereocenters. The largest absolute Gasteiger partial charge is 0.389 e. The number of carbonyl (C=O) groups excluding carboxylic acids is 1. The van der Waals surface area contributed by atoms with Crippen LogP contribution in [-0.4, -0.2) is 59.1 Å². The number of aryl methyl sites for hydroxylation is 1. The molecule has 0 bridgehead atoms. The highest BCUT2D eigenvalue weighted by atomic mass is 19.1. The molecule has 2 fully saturated rings. The molecule has 0 unspecified atom stereocenters. The fraction of sp³-hybridized carbons (Fsp3) is 0.464. The van der Waals surface area contributed by atoms with E-state index in [1.54, 1.807) is 6.07 Å². The number of hydrogen-bond donors (Lipinski definition) is 2. The molecule has 196 valence electrons. The van der Waals surface area contributed by atoms with Crippen molar-refractivity contribution in [1.82, 2.24) is 14.9 Å². The van der Waals surface area contributed by atoms with Gasteiger partial charge in [-0.05, 0) is 80.0 Å². The van der Waals surface area contributed by atoms with Gasteiger partial charge in [-0.15, -0.1) is 0 Å². The van der Waals surface area contributed by atoms with E-state index >= 15 is 0 Å². The van der Waals surface area contributed by atoms with Gasteiger partial charge in [-0.1, -0.05) is 6.07 Å². The zero-order valence-corrected chi connectivity index (χ0v) is 21.1. The molecule has 3 aromatic rings. The van der Waals surface area contributed by atoms with Gasteiger partial charge in [-0.25, -0.2) is 9.37 Å². The van der Waals surface area contributed by atoms with E-state index in [4.69, 9.17) is 9.47 Å². The SMILES string of the molecule is Cc1c(Cc2ccc(C(=O)NC[C@@H]3CCCO3)c(F)c2)cc2c(=O)n([C@H]3CCOC[C@@H]3O)cnc2c1C. The topological polar surface area (TPSA) is 103 Å². The fourth-order valence-corrected chi connectivity index (χ4v) is 5.25. The van der Waals surface area contributed by atoms with Crippen molar-refractivity contribution in [1.29, 1.82) is 0 Å². The van der Waals surface area contributed by atoms with Crippen molar-refractivity contribution in [3.8, 4) is 0 Å². The minimum Gasteiger partial charge on any atom is -0.389 e. The summed E-state index contributed by atoms with van der Waals surface area (Å²) in [5.74, 6) is -1.05. The number of aliphatic hydroxyl groups is 1. The molecule has 8 nitrogen and oxygen atoms in total. The van der Waals surface area contributed by atoms with Crippen molar-refractivity contribution in [2.24, 2.45) is 0 Å². The van der Waals surface area contributed by atoms with Gasteiger partial charge < -0.3 is 19.9 Å². The predicted molar refractivity (Wildman–Crippen MR) is 136 cm³/mol. The average molecular weight is 510 g/mol. The van der Waals surface area contributed by atoms with E-state index < -0.39 is 23.9 Å². The Kier molecular flexibility index (Phi) is 7.37. The van der Waals surface area contributed by atoms with E-state index in [0.717, 1.165) is 29.5 Å². The quantitative estimate of drug-likeness (QED) is 0.530. The molecular weight excluding hydrogens is 477 g/mol. The van der Waals surface area contributed by atoms with Crippen molar-refractivity contribution >= 4 is 16.8 Å². The number of hydrogen-bond acceptors (Lipinski definition) is 6. The Bertz CT molecular complexity index is 1380. The van der Waals surface area contributed by atoms with Gasteiger partial charge in [-0.3, -0.25) is 14.2 Å². The Morgan fingerprint density at radius 1 is 1.22 bits per heavy atom. The van der Waals surface area contributed by atoms with E-state index in [2.05, 4.69) is 10.3 Å². The maximum absolute atomic E-state index is 14.9. The average Bonchev–Trinajstić information content (AvgIpc) is 3.41. The summed E-state index contributed by atoms with van der Waals surface area (Å²) in [6.07, 6.45) is 3.50. The smallest absolute Gasteiger partial charge is 0.261 e. The number of aliphatic hydroxyl groups excluding tert-OH is 1. The van der Waals surface area contributed by atoms with Gasteiger partial charge in [0, 0.05) is 19.8 Å². The summed E-state index contributed by atoms with van der Waals surface area (Å²) < 4.78 is 27.2. The molecule has 2 saturated heterocycles. The van der Waals surface area contributed by atoms with E-state index in [9.17, 15) is 19.1 Å². The van der Waals surface area contributed by atoms with Crippen LogP contribution in [0.25, 0.3) is 10.9 Å². The lowest BCUT2D eigenvalue weighted by Gasteiger charge is -2.29. The first kappa shape index (κ1) is 25.5. The number of nitrogens with zero attached hydrogens (tertiary/aromatic N) is 2. The number of halogens is 1. The Hall–Kier alpha value is -3.14. The molecule has 2 aliphatic heterocycles. The third kappa shape index (κ3) is 5.16. The van der Waals surface area contributed by atoms with Crippen LogP contribution in [0.2, 0.25) is 0 Å². The fourth-order valence-electron chi connectivity index (χ4n) is 5.25. The molecular formula is C28H32FN3O5. The lowest BCUT2D eigenvalue weighted by atomic mass is 9.94. The van der Waals surface area contributed by atoms with Gasteiger partial charge in [0.2, 0.25) is 0 Å². The third-order valence-corrected chi connectivity index (χ3v) is 7.58. The summed E-state index contributed by atoms with van der Waals surface area (Å²) in [6.45, 7) is 5.59. The van der Waals surface area contributed by atoms with Crippen LogP contribution < -0.4 is 10.9 Å². The van der Waals surface area contributed by atoms with Gasteiger partial charge in [0.1, 0.15) is 5.82 Å². The van der Waals surface area contributed by atoms with E-state index in [0.29, 0.717) is 49.1 Å². The standard InChI is InChI=1S/C28H32FN3O5/c1-16-17(2)26-22(28(35)32(15-31-26)24-7-9-36-14-25(24)33)12-19(16)10-18-5-6-21(23(29)11-18)27(34)30-13-20-4-3-8-37-20/h5-6,11-12,15,20,24-25,33H,3-4,7-10,13-14H2,1-2H3,(H,30,34)/t20-,24-,25-/m0/s1. The normalized spacial score (nSPS) is 21.9. The summed E-state index contributed by atoms with van der Waals surface area (Å²) in [4.78, 5) is 30.5. The minimum absolute atomic E-state index is 0.00438. The summed E-state index contributed by atoms with van der Waals surface area (Å²) in [5.41, 5.74) is 3.83. The molecule has 1 amide bonds. The highest BCUT2D eigenvalue weighted by Gasteiger charge is 2.27. The van der Waals surface area contributed by atoms with Crippen molar-refractivity contribution < 1.29 is 23.8 Å². The number of fused-ring (bicyclic) bond motifs is 1. The molecule has 0 saturated carbocycles. The van der Waals surface area contributed by atoms with Crippen molar-refractivity contribution in [3.05, 3.63) is 74.6 Å². The van der Waals surface area contributed by atoms with Crippen LogP contribution in [0.4, 0.5) is 4.39 Å². The highest BCUT2D eigenvalue weighted by Crippen LogP contribution is 2.26. The number of benzene rings is 2. The lowest BCUT2D eigenvalue weighted by molar-refractivity contribution is -0.0395. The minimum atomic E-state index is -0.777. The molecule has 2 aromatic carbocycles. The predicted octanol–water partition coefficient (Wildman–Crippen LogP) is 2.97. The van der Waals surface area contributed by atoms with Crippen molar-refractivity contribution in [2.75, 3.05) is 26.4 Å². The number of ether oxygens (including phenoxy) is 2. The summed E-state index contributed by atoms with van der Waals surface area (Å²) in [6, 6.07) is 6.04. The van der Waals surface area contributed by atoms with Crippen LogP contribution in [0.3, 0.4) is 0 Å². The first-order valence-electron chi connectivity index (χ1n) is 12.8. The first-order valence-corrected chi connectivity index (χ1v) is 12.8. The van der Waals surface area contributed by atoms with E-state index in [1.165, 1.54) is 23.0 Å². The molecule has 0 spiro atoms. The van der Waals surface area contributed by atoms with Gasteiger partial charge in [0.15, 0.2) is 0 Å². The maximum Gasteiger partial charge on any atom is 0.261 e. The van der Waals surface area contributed by atoms with Crippen LogP contribution in [-0.2, 0) is 15.9 Å². The summed E-state index contributed by atoms with van der Waals surface area (Å²) in [7, 11) is 0. The third-order valence-electron chi connectivity index (χ3n) is 7.58. The van der Waals surface area contributed by atoms with Gasteiger partial charge >= 0.3 is 0 Å². The maximum atomic E-state index is 14.9. The Balaban J connectivity index is 1.40. The summed E-state index contributed by atoms with van der Waals surface area (Å²) in [5, 5.41) is 13.6. The Labute approximate surface area is 214 Å². The Morgan fingerprint density at radius 3 is 2.78 bits per heavy atom. The number of carbonyl (C=O) groups is 1. The van der Waals surface area contributed by atoms with Crippen LogP contribution in [0.1, 0.15) is 57.9 Å². The van der Waals surface area contributed by atoms with Gasteiger partial charge in [-0.2, -0.15) is 0 Å². The monoisotopic (exact) mass is 509 g/mol. The molecule has 3 heterocycles. The van der Waals surface area contributed by atoms with Crippen LogP contribution in [0.15, 0.2) is 35.4 Å². The molecule has 37 heavy (non-hydrogen) atoms. The van der Waals surface area contributed by atoms with Crippen LogP contribution >= 0.6 is 0 Å². The number of amides is 1. The zero-order valence-electron chi connectivity index (χ0n) is 21.1. The second kappa shape index (κ2) is 10.7. The summed E-state index contributed by atoms with van der Waals surface area (Å²) >= 11 is 0. The van der Waals surface area contributed by atoms with Crippen molar-refractivity contribution in [2.45, 2.75) is 57.8 Å². The van der Waals surface area contributed by atoms with Gasteiger partial charge in [0.25, 0.3) is 11.5 Å². The van der Waals surface area contributed by atoms with Gasteiger partial charge in [0.05, 0.1) is 47.7 Å². The molecule has 0 aliphatic carbocycles. The Morgan fingerprint density at radius 2 is 2.05 bits per heavy atom. The number of aromatic nitrogens is 2. The molecule has 2 N–H and O–H groups in total. The zero-order chi connectivity index (χ0) is 26.1. The lowest BCUT2D eigenvalue weighted by Crippen LogP contribution is -2.39. The number of rotatable bonds is 6. The second-order valence-electron chi connectivity index (χ2n) is 9.97. The number of nitrogens with one attached hydrogen (secondary N) is 1. The molecule has 2 aliphatic rings. The van der Waals surface area contributed by atoms with E-state index in [-0.39, 0.29) is 23.8 Å². The van der Waals surface area contributed by atoms with Crippen LogP contribution in [0, 0.1) is 19.7 Å². The highest BCUT2D eigenvalue weighted by molar-refractivity contribution is 5.94. The molecule has 5 rings (SSSR count). The van der Waals surface area contributed by atoms with Crippen LogP contribution in [0.5, 0.6) is 0 Å². The van der Waals surface area contributed by atoms with E-state index in [1.807, 2.05) is 19.9 Å². The molecule has 1 aromatic heterocycles. The molecule has 0 radical (unpaired) electrons.